The number of carbonyl (C=O) groups excluding carboxylic acids is 2. The number of furan rings is 1. The zero-order valence-corrected chi connectivity index (χ0v) is 14.4. The van der Waals surface area contributed by atoms with Crippen molar-refractivity contribution in [2.75, 3.05) is 0 Å². The number of amides is 2. The molecule has 0 unspecified atom stereocenters. The fourth-order valence-electron chi connectivity index (χ4n) is 2.03. The smallest absolute Gasteiger partial charge is 0.287 e. The number of carbonyl (C=O) groups is 2. The molecule has 0 radical (unpaired) electrons. The Morgan fingerprint density at radius 1 is 1.17 bits per heavy atom. The molecule has 128 valence electrons. The molecule has 2 atom stereocenters. The lowest BCUT2D eigenvalue weighted by Crippen LogP contribution is -2.45. The highest BCUT2D eigenvalue weighted by Gasteiger charge is 2.21. The number of nitrogens with one attached hydrogen (secondary N) is 2. The van der Waals surface area contributed by atoms with Crippen LogP contribution < -0.4 is 10.6 Å². The van der Waals surface area contributed by atoms with Crippen molar-refractivity contribution in [3.8, 4) is 0 Å². The van der Waals surface area contributed by atoms with Gasteiger partial charge in [0.05, 0.1) is 17.3 Å². The van der Waals surface area contributed by atoms with E-state index in [-0.39, 0.29) is 15.8 Å². The van der Waals surface area contributed by atoms with E-state index in [1.807, 2.05) is 0 Å². The van der Waals surface area contributed by atoms with Gasteiger partial charge in [-0.1, -0.05) is 23.2 Å². The first kappa shape index (κ1) is 18.3. The van der Waals surface area contributed by atoms with Gasteiger partial charge in [-0.15, -0.1) is 0 Å². The quantitative estimate of drug-likeness (QED) is 0.785. The Hall–Kier alpha value is -2.05. The van der Waals surface area contributed by atoms with Crippen molar-refractivity contribution in [2.45, 2.75) is 25.9 Å². The van der Waals surface area contributed by atoms with Crippen LogP contribution in [-0.2, 0) is 4.79 Å². The monoisotopic (exact) mass is 372 g/mol. The second-order valence-electron chi connectivity index (χ2n) is 5.19. The SMILES string of the molecule is C[C@@H](NC(=O)c1ccco1)C(=O)N[C@H](C)c1cc(F)c(Cl)cc1Cl. The number of halogens is 3. The van der Waals surface area contributed by atoms with Crippen LogP contribution in [0, 0.1) is 5.82 Å². The van der Waals surface area contributed by atoms with Crippen LogP contribution in [0.5, 0.6) is 0 Å². The van der Waals surface area contributed by atoms with E-state index in [0.717, 1.165) is 0 Å². The number of hydrogen-bond donors (Lipinski definition) is 2. The molecule has 2 amide bonds. The maximum absolute atomic E-state index is 13.6. The molecule has 1 aromatic heterocycles. The average molecular weight is 373 g/mol. The van der Waals surface area contributed by atoms with Crippen LogP contribution in [0.3, 0.4) is 0 Å². The van der Waals surface area contributed by atoms with Crippen LogP contribution in [0.2, 0.25) is 10.0 Å². The van der Waals surface area contributed by atoms with Crippen molar-refractivity contribution in [3.05, 3.63) is 57.7 Å². The van der Waals surface area contributed by atoms with Crippen LogP contribution in [0.1, 0.15) is 36.0 Å². The molecule has 8 heteroatoms. The summed E-state index contributed by atoms with van der Waals surface area (Å²) in [4.78, 5) is 24.0. The first-order chi connectivity index (χ1) is 11.3. The molecular weight excluding hydrogens is 358 g/mol. The summed E-state index contributed by atoms with van der Waals surface area (Å²) in [6, 6.07) is 4.11. The van der Waals surface area contributed by atoms with Crippen LogP contribution in [-0.4, -0.2) is 17.9 Å². The standard InChI is InChI=1S/C16H15Cl2FN2O3/c1-8(10-6-13(19)12(18)7-11(10)17)20-15(22)9(2)21-16(23)14-4-3-5-24-14/h3-9H,1-2H3,(H,20,22)(H,21,23)/t8-,9-/m1/s1. The number of benzene rings is 1. The van der Waals surface area contributed by atoms with Gasteiger partial charge in [-0.2, -0.15) is 0 Å². The van der Waals surface area contributed by atoms with Crippen LogP contribution in [0.15, 0.2) is 34.9 Å². The minimum Gasteiger partial charge on any atom is -0.459 e. The minimum atomic E-state index is -0.819. The van der Waals surface area contributed by atoms with Gasteiger partial charge in [0.25, 0.3) is 5.91 Å². The van der Waals surface area contributed by atoms with Gasteiger partial charge in [-0.3, -0.25) is 9.59 Å². The third-order valence-electron chi connectivity index (χ3n) is 3.35. The van der Waals surface area contributed by atoms with Crippen LogP contribution in [0.4, 0.5) is 4.39 Å². The zero-order chi connectivity index (χ0) is 17.9. The molecule has 24 heavy (non-hydrogen) atoms. The van der Waals surface area contributed by atoms with Gasteiger partial charge in [0.1, 0.15) is 11.9 Å². The lowest BCUT2D eigenvalue weighted by atomic mass is 10.1. The van der Waals surface area contributed by atoms with Crippen molar-refractivity contribution in [2.24, 2.45) is 0 Å². The molecule has 1 aromatic carbocycles. The fourth-order valence-corrected chi connectivity index (χ4v) is 2.57. The highest BCUT2D eigenvalue weighted by Crippen LogP contribution is 2.28. The second-order valence-corrected chi connectivity index (χ2v) is 6.00. The van der Waals surface area contributed by atoms with Crippen LogP contribution in [0.25, 0.3) is 0 Å². The van der Waals surface area contributed by atoms with Crippen molar-refractivity contribution in [1.29, 1.82) is 0 Å². The molecule has 0 aliphatic heterocycles. The Kier molecular flexibility index (Phi) is 5.85. The van der Waals surface area contributed by atoms with Crippen molar-refractivity contribution < 1.29 is 18.4 Å². The first-order valence-electron chi connectivity index (χ1n) is 7.08. The highest BCUT2D eigenvalue weighted by molar-refractivity contribution is 6.35. The topological polar surface area (TPSA) is 71.3 Å². The lowest BCUT2D eigenvalue weighted by molar-refractivity contribution is -0.123. The molecule has 0 aliphatic carbocycles. The summed E-state index contributed by atoms with van der Waals surface area (Å²) in [6.45, 7) is 3.17. The predicted molar refractivity (Wildman–Crippen MR) is 88.6 cm³/mol. The molecule has 0 bridgehead atoms. The Balaban J connectivity index is 2.00. The number of hydrogen-bond acceptors (Lipinski definition) is 3. The maximum atomic E-state index is 13.6. The second kappa shape index (κ2) is 7.68. The van der Waals surface area contributed by atoms with Crippen LogP contribution >= 0.6 is 23.2 Å². The first-order valence-corrected chi connectivity index (χ1v) is 7.84. The highest BCUT2D eigenvalue weighted by atomic mass is 35.5. The summed E-state index contributed by atoms with van der Waals surface area (Å²) in [5.41, 5.74) is 0.386. The number of rotatable bonds is 5. The Morgan fingerprint density at radius 3 is 2.50 bits per heavy atom. The molecule has 2 N–H and O–H groups in total. The largest absolute Gasteiger partial charge is 0.459 e. The fraction of sp³-hybridized carbons (Fsp3) is 0.250. The third kappa shape index (κ3) is 4.27. The Labute approximate surface area is 148 Å². The summed E-state index contributed by atoms with van der Waals surface area (Å²) in [5.74, 6) is -1.48. The van der Waals surface area contributed by atoms with Gasteiger partial charge in [-0.05, 0) is 43.7 Å². The summed E-state index contributed by atoms with van der Waals surface area (Å²) < 4.78 is 18.5. The van der Waals surface area contributed by atoms with Gasteiger partial charge < -0.3 is 15.1 Å². The van der Waals surface area contributed by atoms with Gasteiger partial charge in [0, 0.05) is 5.02 Å². The molecule has 0 spiro atoms. The summed E-state index contributed by atoms with van der Waals surface area (Å²) >= 11 is 11.7. The molecule has 0 fully saturated rings. The molecule has 2 aromatic rings. The van der Waals surface area contributed by atoms with Gasteiger partial charge in [0.15, 0.2) is 5.76 Å². The van der Waals surface area contributed by atoms with E-state index in [2.05, 4.69) is 10.6 Å². The average Bonchev–Trinajstić information content (AvgIpc) is 3.05. The molecule has 2 rings (SSSR count). The van der Waals surface area contributed by atoms with E-state index in [9.17, 15) is 14.0 Å². The maximum Gasteiger partial charge on any atom is 0.287 e. The van der Waals surface area contributed by atoms with E-state index in [0.29, 0.717) is 5.56 Å². The minimum absolute atomic E-state index is 0.0960. The summed E-state index contributed by atoms with van der Waals surface area (Å²) in [6.07, 6.45) is 1.36. The molecule has 0 aliphatic rings. The van der Waals surface area contributed by atoms with Crippen molar-refractivity contribution in [3.63, 3.8) is 0 Å². The zero-order valence-electron chi connectivity index (χ0n) is 12.9. The van der Waals surface area contributed by atoms with E-state index in [4.69, 9.17) is 27.6 Å². The lowest BCUT2D eigenvalue weighted by Gasteiger charge is -2.19. The molecule has 1 heterocycles. The third-order valence-corrected chi connectivity index (χ3v) is 3.97. The molecule has 0 saturated carbocycles. The Bertz CT molecular complexity index is 750. The van der Waals surface area contributed by atoms with E-state index in [1.165, 1.54) is 31.4 Å². The predicted octanol–water partition coefficient (Wildman–Crippen LogP) is 3.72. The molecule has 5 nitrogen and oxygen atoms in total. The van der Waals surface area contributed by atoms with Crippen molar-refractivity contribution in [1.82, 2.24) is 10.6 Å². The molecular formula is C16H15Cl2FN2O3. The van der Waals surface area contributed by atoms with E-state index < -0.39 is 29.7 Å². The van der Waals surface area contributed by atoms with Gasteiger partial charge in [-0.25, -0.2) is 4.39 Å². The normalized spacial score (nSPS) is 13.2. The van der Waals surface area contributed by atoms with Gasteiger partial charge in [0.2, 0.25) is 5.91 Å². The molecule has 0 saturated heterocycles. The van der Waals surface area contributed by atoms with Gasteiger partial charge >= 0.3 is 0 Å². The van der Waals surface area contributed by atoms with E-state index in [1.54, 1.807) is 13.0 Å². The van der Waals surface area contributed by atoms with Crippen molar-refractivity contribution >= 4 is 35.0 Å². The Morgan fingerprint density at radius 2 is 1.88 bits per heavy atom. The summed E-state index contributed by atoms with van der Waals surface area (Å²) in [5, 5.41) is 5.30. The summed E-state index contributed by atoms with van der Waals surface area (Å²) in [7, 11) is 0. The van der Waals surface area contributed by atoms with E-state index >= 15 is 0 Å².